The van der Waals surface area contributed by atoms with Gasteiger partial charge in [0.2, 0.25) is 0 Å². The van der Waals surface area contributed by atoms with Crippen LogP contribution in [0.2, 0.25) is 5.02 Å². The Balaban J connectivity index is 2.11. The van der Waals surface area contributed by atoms with Crippen molar-refractivity contribution in [1.82, 2.24) is 0 Å². The van der Waals surface area contributed by atoms with E-state index in [4.69, 9.17) is 11.6 Å². The summed E-state index contributed by atoms with van der Waals surface area (Å²) in [5.74, 6) is -0.0183. The van der Waals surface area contributed by atoms with Gasteiger partial charge in [0.05, 0.1) is 0 Å². The van der Waals surface area contributed by atoms with Gasteiger partial charge in [-0.1, -0.05) is 29.8 Å². The number of benzene rings is 2. The van der Waals surface area contributed by atoms with Crippen molar-refractivity contribution in [3.05, 3.63) is 70.8 Å². The molecule has 0 bridgehead atoms. The third kappa shape index (κ3) is 3.72. The zero-order valence-corrected chi connectivity index (χ0v) is 12.3. The lowest BCUT2D eigenvalue weighted by molar-refractivity contribution is 0.104. The van der Waals surface area contributed by atoms with E-state index in [0.29, 0.717) is 10.6 Å². The highest BCUT2D eigenvalue weighted by Crippen LogP contribution is 2.15. The summed E-state index contributed by atoms with van der Waals surface area (Å²) in [6.45, 7) is 0. The molecular formula is C17H16ClNO. The van der Waals surface area contributed by atoms with Gasteiger partial charge < -0.3 is 4.90 Å². The minimum absolute atomic E-state index is 0.0183. The molecule has 0 unspecified atom stereocenters. The van der Waals surface area contributed by atoms with Crippen LogP contribution in [0.15, 0.2) is 54.6 Å². The summed E-state index contributed by atoms with van der Waals surface area (Å²) in [5.41, 5.74) is 2.66. The number of anilines is 1. The Kier molecular flexibility index (Phi) is 4.59. The van der Waals surface area contributed by atoms with Gasteiger partial charge >= 0.3 is 0 Å². The first-order chi connectivity index (χ1) is 9.56. The highest BCUT2D eigenvalue weighted by molar-refractivity contribution is 6.30. The normalized spacial score (nSPS) is 10.8. The molecule has 0 aromatic heterocycles. The molecule has 0 aliphatic heterocycles. The molecule has 0 N–H and O–H groups in total. The van der Waals surface area contributed by atoms with Crippen molar-refractivity contribution in [2.75, 3.05) is 19.0 Å². The van der Waals surface area contributed by atoms with Crippen LogP contribution in [0.25, 0.3) is 6.08 Å². The number of hydrogen-bond donors (Lipinski definition) is 0. The van der Waals surface area contributed by atoms with Crippen molar-refractivity contribution in [3.8, 4) is 0 Å². The number of carbonyl (C=O) groups excluding carboxylic acids is 1. The van der Waals surface area contributed by atoms with Crippen molar-refractivity contribution in [2.24, 2.45) is 0 Å². The third-order valence-corrected chi connectivity index (χ3v) is 3.18. The fourth-order valence-electron chi connectivity index (χ4n) is 1.80. The van der Waals surface area contributed by atoms with Gasteiger partial charge in [-0.15, -0.1) is 0 Å². The van der Waals surface area contributed by atoms with E-state index in [-0.39, 0.29) is 5.78 Å². The SMILES string of the molecule is CN(C)c1ccc(C(=O)/C=C/c2cccc(Cl)c2)cc1. The summed E-state index contributed by atoms with van der Waals surface area (Å²) >= 11 is 5.90. The molecule has 3 heteroatoms. The standard InChI is InChI=1S/C17H16ClNO/c1-19(2)16-9-7-14(8-10-16)17(20)11-6-13-4-3-5-15(18)12-13/h3-12H,1-2H3/b11-6+. The van der Waals surface area contributed by atoms with Crippen molar-refractivity contribution < 1.29 is 4.79 Å². The van der Waals surface area contributed by atoms with Gasteiger partial charge in [-0.05, 0) is 48.0 Å². The van der Waals surface area contributed by atoms with Crippen LogP contribution in [-0.4, -0.2) is 19.9 Å². The Morgan fingerprint density at radius 2 is 1.80 bits per heavy atom. The predicted octanol–water partition coefficient (Wildman–Crippen LogP) is 4.30. The van der Waals surface area contributed by atoms with Crippen LogP contribution >= 0.6 is 11.6 Å². The number of halogens is 1. The van der Waals surface area contributed by atoms with Gasteiger partial charge in [0.25, 0.3) is 0 Å². The van der Waals surface area contributed by atoms with E-state index in [1.807, 2.05) is 61.5 Å². The Labute approximate surface area is 124 Å². The van der Waals surface area contributed by atoms with Crippen LogP contribution in [0.1, 0.15) is 15.9 Å². The lowest BCUT2D eigenvalue weighted by Gasteiger charge is -2.11. The largest absolute Gasteiger partial charge is 0.378 e. The lowest BCUT2D eigenvalue weighted by Crippen LogP contribution is -2.08. The highest BCUT2D eigenvalue weighted by Gasteiger charge is 2.02. The molecule has 102 valence electrons. The van der Waals surface area contributed by atoms with Crippen LogP contribution in [0.3, 0.4) is 0 Å². The number of allylic oxidation sites excluding steroid dienone is 1. The molecule has 2 aromatic carbocycles. The number of rotatable bonds is 4. The van der Waals surface area contributed by atoms with Crippen molar-refractivity contribution in [3.63, 3.8) is 0 Å². The maximum atomic E-state index is 12.1. The average molecular weight is 286 g/mol. The fourth-order valence-corrected chi connectivity index (χ4v) is 2.00. The summed E-state index contributed by atoms with van der Waals surface area (Å²) in [6, 6.07) is 14.9. The molecule has 2 nitrogen and oxygen atoms in total. The smallest absolute Gasteiger partial charge is 0.185 e. The molecule has 0 aliphatic carbocycles. The second kappa shape index (κ2) is 6.40. The number of nitrogens with zero attached hydrogens (tertiary/aromatic N) is 1. The molecule has 0 aliphatic rings. The molecule has 0 radical (unpaired) electrons. The van der Waals surface area contributed by atoms with Gasteiger partial charge in [-0.2, -0.15) is 0 Å². The Bertz CT molecular complexity index is 630. The molecule has 0 fully saturated rings. The molecule has 0 spiro atoms. The average Bonchev–Trinajstić information content (AvgIpc) is 2.45. The highest BCUT2D eigenvalue weighted by atomic mass is 35.5. The second-order valence-electron chi connectivity index (χ2n) is 4.69. The second-order valence-corrected chi connectivity index (χ2v) is 5.13. The molecule has 2 rings (SSSR count). The van der Waals surface area contributed by atoms with E-state index < -0.39 is 0 Å². The van der Waals surface area contributed by atoms with Crippen molar-refractivity contribution >= 4 is 29.1 Å². The molecule has 0 heterocycles. The lowest BCUT2D eigenvalue weighted by atomic mass is 10.1. The van der Waals surface area contributed by atoms with Gasteiger partial charge in [0.15, 0.2) is 5.78 Å². The van der Waals surface area contributed by atoms with E-state index in [1.54, 1.807) is 18.2 Å². The van der Waals surface area contributed by atoms with Gasteiger partial charge in [0, 0.05) is 30.4 Å². The summed E-state index contributed by atoms with van der Waals surface area (Å²) in [7, 11) is 3.94. The Morgan fingerprint density at radius 3 is 2.40 bits per heavy atom. The van der Waals surface area contributed by atoms with Crippen LogP contribution in [0, 0.1) is 0 Å². The summed E-state index contributed by atoms with van der Waals surface area (Å²) in [5, 5.41) is 0.662. The maximum Gasteiger partial charge on any atom is 0.185 e. The summed E-state index contributed by atoms with van der Waals surface area (Å²) < 4.78 is 0. The summed E-state index contributed by atoms with van der Waals surface area (Å²) in [4.78, 5) is 14.0. The van der Waals surface area contributed by atoms with Crippen molar-refractivity contribution in [2.45, 2.75) is 0 Å². The molecule has 0 amide bonds. The first-order valence-corrected chi connectivity index (χ1v) is 6.69. The number of hydrogen-bond acceptors (Lipinski definition) is 2. The van der Waals surface area contributed by atoms with Crippen LogP contribution in [0.4, 0.5) is 5.69 Å². The first kappa shape index (κ1) is 14.4. The summed E-state index contributed by atoms with van der Waals surface area (Å²) in [6.07, 6.45) is 3.34. The van der Waals surface area contributed by atoms with E-state index >= 15 is 0 Å². The van der Waals surface area contributed by atoms with Crippen LogP contribution in [-0.2, 0) is 0 Å². The topological polar surface area (TPSA) is 20.3 Å². The molecule has 0 saturated heterocycles. The molecular weight excluding hydrogens is 270 g/mol. The molecule has 0 saturated carbocycles. The Morgan fingerprint density at radius 1 is 1.10 bits per heavy atom. The molecule has 2 aromatic rings. The number of ketones is 1. The zero-order valence-electron chi connectivity index (χ0n) is 11.5. The van der Waals surface area contributed by atoms with Crippen LogP contribution in [0.5, 0.6) is 0 Å². The van der Waals surface area contributed by atoms with Crippen LogP contribution < -0.4 is 4.90 Å². The molecule has 20 heavy (non-hydrogen) atoms. The molecule has 0 atom stereocenters. The predicted molar refractivity (Wildman–Crippen MR) is 85.6 cm³/mol. The van der Waals surface area contributed by atoms with E-state index in [1.165, 1.54) is 0 Å². The van der Waals surface area contributed by atoms with Crippen molar-refractivity contribution in [1.29, 1.82) is 0 Å². The minimum atomic E-state index is -0.0183. The number of carbonyl (C=O) groups is 1. The quantitative estimate of drug-likeness (QED) is 0.616. The maximum absolute atomic E-state index is 12.1. The van der Waals surface area contributed by atoms with Gasteiger partial charge in [-0.25, -0.2) is 0 Å². The van der Waals surface area contributed by atoms with Gasteiger partial charge in [0.1, 0.15) is 0 Å². The Hall–Kier alpha value is -2.06. The van der Waals surface area contributed by atoms with E-state index in [0.717, 1.165) is 11.3 Å². The fraction of sp³-hybridized carbons (Fsp3) is 0.118. The first-order valence-electron chi connectivity index (χ1n) is 6.31. The van der Waals surface area contributed by atoms with E-state index in [2.05, 4.69) is 0 Å². The monoisotopic (exact) mass is 285 g/mol. The minimum Gasteiger partial charge on any atom is -0.378 e. The zero-order chi connectivity index (χ0) is 14.5. The third-order valence-electron chi connectivity index (χ3n) is 2.94. The van der Waals surface area contributed by atoms with Gasteiger partial charge in [-0.3, -0.25) is 4.79 Å². The van der Waals surface area contributed by atoms with E-state index in [9.17, 15) is 4.79 Å².